The highest BCUT2D eigenvalue weighted by molar-refractivity contribution is 7.76. The second kappa shape index (κ2) is 10.2. The molecule has 0 bridgehead atoms. The van der Waals surface area contributed by atoms with Gasteiger partial charge in [-0.25, -0.2) is 15.0 Å². The lowest BCUT2D eigenvalue weighted by Crippen LogP contribution is -2.38. The monoisotopic (exact) mass is 569 g/mol. The summed E-state index contributed by atoms with van der Waals surface area (Å²) < 4.78 is 28.5. The van der Waals surface area contributed by atoms with Gasteiger partial charge in [-0.2, -0.15) is 9.89 Å². The number of hydrogen-bond acceptors (Lipinski definition) is 7. The van der Waals surface area contributed by atoms with Gasteiger partial charge in [0.25, 0.3) is 0 Å². The maximum Gasteiger partial charge on any atom is 0.436 e. The molecule has 0 spiro atoms. The quantitative estimate of drug-likeness (QED) is 0.316. The minimum Gasteiger partial charge on any atom is -0.382 e. The number of anilines is 1. The number of nitrogens with two attached hydrogens (primary N) is 1. The molecule has 3 heterocycles. The van der Waals surface area contributed by atoms with Crippen molar-refractivity contribution in [1.29, 1.82) is 5.41 Å². The van der Waals surface area contributed by atoms with E-state index in [1.165, 1.54) is 0 Å². The molecule has 4 aromatic rings. The minimum absolute atomic E-state index is 0.0171. The van der Waals surface area contributed by atoms with Crippen LogP contribution in [0.2, 0.25) is 0 Å². The van der Waals surface area contributed by atoms with Gasteiger partial charge >= 0.3 is 34.5 Å². The number of fused-ring (bicyclic) bond motifs is 3. The third kappa shape index (κ3) is 4.46. The van der Waals surface area contributed by atoms with Crippen LogP contribution in [0.1, 0.15) is 5.69 Å². The first-order valence-corrected chi connectivity index (χ1v) is 15.7. The van der Waals surface area contributed by atoms with Crippen LogP contribution in [0.5, 0.6) is 0 Å². The molecule has 1 aromatic heterocycles. The average molecular weight is 569 g/mol. The van der Waals surface area contributed by atoms with Crippen molar-refractivity contribution in [3.8, 4) is 0 Å². The van der Waals surface area contributed by atoms with E-state index >= 15 is 0 Å². The first kappa shape index (κ1) is 25.2. The highest BCUT2D eigenvalue weighted by atomic mass is 31.1. The van der Waals surface area contributed by atoms with Gasteiger partial charge in [-0.3, -0.25) is 5.41 Å². The number of benzene rings is 3. The van der Waals surface area contributed by atoms with Crippen molar-refractivity contribution in [2.45, 2.75) is 5.66 Å². The van der Waals surface area contributed by atoms with E-state index in [2.05, 4.69) is 15.0 Å². The number of nitrogens with one attached hydrogen (secondary N) is 1. The molecule has 2 aliphatic heterocycles. The van der Waals surface area contributed by atoms with Crippen molar-refractivity contribution in [3.63, 3.8) is 0 Å². The zero-order valence-corrected chi connectivity index (χ0v) is 22.9. The molecule has 12 heteroatoms. The van der Waals surface area contributed by atoms with Gasteiger partial charge in [-0.1, -0.05) is 63.7 Å². The number of nitrogen functional groups attached to an aromatic ring is 1. The van der Waals surface area contributed by atoms with Crippen molar-refractivity contribution in [1.82, 2.24) is 4.98 Å². The topological polar surface area (TPSA) is 154 Å². The number of rotatable bonds is 5. The lowest BCUT2D eigenvalue weighted by molar-refractivity contribution is 0.592. The summed E-state index contributed by atoms with van der Waals surface area (Å²) in [6, 6.07) is 26.7. The van der Waals surface area contributed by atoms with E-state index in [1.807, 2.05) is 18.2 Å². The second-order valence-electron chi connectivity index (χ2n) is 8.64. The largest absolute Gasteiger partial charge is 0.436 e. The SMILES string of the molecule is N=C1N=c2c(N)nc3c(c2=N1)N=C([P+](=O)c1ccccc1)C([P+](=O)c1ccccc1)C3=[P+](O)c1ccccc1. The Bertz CT molecular complexity index is 1880. The number of guanidine groups is 1. The van der Waals surface area contributed by atoms with Crippen LogP contribution in [-0.4, -0.2) is 32.2 Å². The fourth-order valence-corrected chi connectivity index (χ4v) is 9.90. The summed E-state index contributed by atoms with van der Waals surface area (Å²) in [5, 5.41) is 10.4. The molecule has 9 nitrogen and oxygen atoms in total. The van der Waals surface area contributed by atoms with Crippen molar-refractivity contribution in [3.05, 3.63) is 107 Å². The molecule has 0 radical (unpaired) electrons. The van der Waals surface area contributed by atoms with Gasteiger partial charge in [0, 0.05) is 0 Å². The lowest BCUT2D eigenvalue weighted by atomic mass is 10.1. The van der Waals surface area contributed by atoms with Crippen LogP contribution < -0.4 is 32.4 Å². The second-order valence-corrected chi connectivity index (χ2v) is 13.5. The van der Waals surface area contributed by atoms with Crippen molar-refractivity contribution in [2.24, 2.45) is 15.0 Å². The maximum atomic E-state index is 14.4. The summed E-state index contributed by atoms with van der Waals surface area (Å²) in [5.41, 5.74) is 5.79. The van der Waals surface area contributed by atoms with Gasteiger partial charge in [0.15, 0.2) is 21.7 Å². The Morgan fingerprint density at radius 1 is 0.744 bits per heavy atom. The van der Waals surface area contributed by atoms with Gasteiger partial charge in [-0.05, 0) is 36.4 Å². The fraction of sp³-hybridized carbons (Fsp3) is 0.0370. The number of aromatic nitrogens is 1. The molecule has 4 atom stereocenters. The van der Waals surface area contributed by atoms with E-state index in [1.54, 1.807) is 72.8 Å². The molecule has 188 valence electrons. The van der Waals surface area contributed by atoms with Crippen molar-refractivity contribution >= 4 is 67.5 Å². The van der Waals surface area contributed by atoms with Gasteiger partial charge in [0.1, 0.15) is 22.1 Å². The van der Waals surface area contributed by atoms with E-state index in [-0.39, 0.29) is 39.3 Å². The molecule has 3 aromatic carbocycles. The van der Waals surface area contributed by atoms with Gasteiger partial charge in [0.2, 0.25) is 11.3 Å². The van der Waals surface area contributed by atoms with E-state index < -0.39 is 29.0 Å². The predicted molar refractivity (Wildman–Crippen MR) is 156 cm³/mol. The summed E-state index contributed by atoms with van der Waals surface area (Å²) in [6.45, 7) is 0. The fourth-order valence-electron chi connectivity index (χ4n) is 4.45. The summed E-state index contributed by atoms with van der Waals surface area (Å²) in [6.07, 6.45) is 0. The minimum atomic E-state index is -2.32. The highest BCUT2D eigenvalue weighted by Gasteiger charge is 2.59. The molecule has 4 N–H and O–H groups in total. The Kier molecular flexibility index (Phi) is 6.59. The Morgan fingerprint density at radius 2 is 1.28 bits per heavy atom. The van der Waals surface area contributed by atoms with E-state index in [0.29, 0.717) is 21.2 Å². The van der Waals surface area contributed by atoms with E-state index in [0.717, 1.165) is 0 Å². The van der Waals surface area contributed by atoms with Crippen LogP contribution in [0.25, 0.3) is 0 Å². The highest BCUT2D eigenvalue weighted by Crippen LogP contribution is 2.46. The van der Waals surface area contributed by atoms with Gasteiger partial charge in [0.05, 0.1) is 0 Å². The van der Waals surface area contributed by atoms with E-state index in [9.17, 15) is 14.0 Å². The molecule has 0 aliphatic carbocycles. The average Bonchev–Trinajstić information content (AvgIpc) is 3.39. The standard InChI is InChI=1S/C27H20N6O3P3/c28-25-22-20(32-27(29)33-22)19-21(30-25)23(37(34)16-10-4-1-5-11-16)24(38(35)17-12-6-2-7-13-17)26(31-19)39(36)18-14-8-3-9-15-18/h1-15,24,29,34H,(H2,28,30)/q+3. The summed E-state index contributed by atoms with van der Waals surface area (Å²) in [7, 11) is -6.72. The van der Waals surface area contributed by atoms with Crippen molar-refractivity contribution < 1.29 is 14.0 Å². The summed E-state index contributed by atoms with van der Waals surface area (Å²) >= 11 is 0. The molecular weight excluding hydrogens is 549 g/mol. The Morgan fingerprint density at radius 3 is 1.90 bits per heavy atom. The molecule has 39 heavy (non-hydrogen) atoms. The molecule has 0 saturated carbocycles. The molecule has 2 aliphatic rings. The number of hydrogen-bond donors (Lipinski definition) is 3. The number of nitrogens with zero attached hydrogens (tertiary/aromatic N) is 4. The van der Waals surface area contributed by atoms with Crippen LogP contribution in [-0.2, 0) is 9.13 Å². The molecule has 0 amide bonds. The van der Waals surface area contributed by atoms with Crippen LogP contribution in [0.3, 0.4) is 0 Å². The predicted octanol–water partition coefficient (Wildman–Crippen LogP) is 2.80. The first-order valence-electron chi connectivity index (χ1n) is 11.8. The van der Waals surface area contributed by atoms with Crippen LogP contribution in [0.4, 0.5) is 11.5 Å². The van der Waals surface area contributed by atoms with Crippen LogP contribution >= 0.6 is 23.4 Å². The van der Waals surface area contributed by atoms with E-state index in [4.69, 9.17) is 16.1 Å². The zero-order chi connectivity index (χ0) is 27.1. The molecule has 4 unspecified atom stereocenters. The van der Waals surface area contributed by atoms with Crippen LogP contribution in [0, 0.1) is 5.41 Å². The Labute approximate surface area is 225 Å². The summed E-state index contributed by atoms with van der Waals surface area (Å²) in [4.78, 5) is 29.5. The zero-order valence-electron chi connectivity index (χ0n) is 20.2. The molecular formula is C27H20N6O3P3+3. The molecule has 0 fully saturated rings. The maximum absolute atomic E-state index is 14.4. The Balaban J connectivity index is 1.73. The lowest BCUT2D eigenvalue weighted by Gasteiger charge is -2.13. The van der Waals surface area contributed by atoms with Gasteiger partial charge < -0.3 is 5.73 Å². The number of pyridine rings is 1. The van der Waals surface area contributed by atoms with Gasteiger partial charge in [-0.15, -0.1) is 0 Å². The van der Waals surface area contributed by atoms with Crippen molar-refractivity contribution in [2.75, 3.05) is 5.73 Å². The first-order chi connectivity index (χ1) is 18.9. The third-order valence-electron chi connectivity index (χ3n) is 6.23. The molecule has 0 saturated heterocycles. The number of aliphatic imine (C=N–C) groups is 1. The van der Waals surface area contributed by atoms with Crippen LogP contribution in [0.15, 0.2) is 106 Å². The Hall–Kier alpha value is -4.12. The molecule has 6 rings (SSSR count). The summed E-state index contributed by atoms with van der Waals surface area (Å²) in [5.74, 6) is -0.243. The third-order valence-corrected chi connectivity index (χ3v) is 11.7. The smallest absolute Gasteiger partial charge is 0.382 e. The normalized spacial score (nSPS) is 17.7.